The van der Waals surface area contributed by atoms with Crippen LogP contribution in [0.5, 0.6) is 5.75 Å². The highest BCUT2D eigenvalue weighted by Gasteiger charge is 2.20. The molecule has 1 unspecified atom stereocenters. The normalized spacial score (nSPS) is 14.6. The Hall–Kier alpha value is -1.53. The summed E-state index contributed by atoms with van der Waals surface area (Å²) in [6.45, 7) is 3.41. The Morgan fingerprint density at radius 3 is 2.62 bits per heavy atom. The van der Waals surface area contributed by atoms with Crippen LogP contribution in [0.3, 0.4) is 0 Å². The van der Waals surface area contributed by atoms with E-state index in [2.05, 4.69) is 0 Å². The van der Waals surface area contributed by atoms with Crippen LogP contribution in [0.2, 0.25) is 0 Å². The number of phenols is 1. The number of rotatable bonds is 1. The van der Waals surface area contributed by atoms with Crippen molar-refractivity contribution >= 4 is 0 Å². The number of aryl methyl sites for hydroxylation is 1. The maximum absolute atomic E-state index is 9.26. The molecule has 3 N–H and O–H groups in total. The van der Waals surface area contributed by atoms with Gasteiger partial charge in [-0.05, 0) is 37.1 Å². The van der Waals surface area contributed by atoms with E-state index in [4.69, 9.17) is 11.0 Å². The molecule has 3 nitrogen and oxygen atoms in total. The van der Waals surface area contributed by atoms with Gasteiger partial charge in [-0.25, -0.2) is 0 Å². The number of nitrogens with zero attached hydrogens (tertiary/aromatic N) is 1. The lowest BCUT2D eigenvalue weighted by atomic mass is 9.93. The molecule has 0 heterocycles. The van der Waals surface area contributed by atoms with Gasteiger partial charge in [0, 0.05) is 0 Å². The average molecular weight is 176 g/mol. The molecule has 0 amide bonds. The van der Waals surface area contributed by atoms with Gasteiger partial charge in [-0.3, -0.25) is 0 Å². The fourth-order valence-electron chi connectivity index (χ4n) is 1.04. The predicted molar refractivity (Wildman–Crippen MR) is 50.0 cm³/mol. The number of hydrogen-bond acceptors (Lipinski definition) is 3. The smallest absolute Gasteiger partial charge is 0.126 e. The molecule has 1 atom stereocenters. The van der Waals surface area contributed by atoms with E-state index in [9.17, 15) is 5.11 Å². The first kappa shape index (κ1) is 9.56. The lowest BCUT2D eigenvalue weighted by Gasteiger charge is -2.16. The molecule has 1 aromatic carbocycles. The van der Waals surface area contributed by atoms with E-state index in [1.165, 1.54) is 0 Å². The average Bonchev–Trinajstić information content (AvgIpc) is 2.09. The van der Waals surface area contributed by atoms with Crippen LogP contribution in [0.4, 0.5) is 0 Å². The number of nitriles is 1. The number of phenolic OH excluding ortho intramolecular Hbond substituents is 1. The second-order valence-corrected chi connectivity index (χ2v) is 3.32. The first-order chi connectivity index (χ1) is 5.97. The van der Waals surface area contributed by atoms with E-state index in [0.717, 1.165) is 5.56 Å². The minimum absolute atomic E-state index is 0.220. The summed E-state index contributed by atoms with van der Waals surface area (Å²) >= 11 is 0. The van der Waals surface area contributed by atoms with Crippen LogP contribution in [-0.2, 0) is 5.54 Å². The molecular formula is C10H12N2O. The largest absolute Gasteiger partial charge is 0.508 e. The van der Waals surface area contributed by atoms with Crippen LogP contribution >= 0.6 is 0 Å². The van der Waals surface area contributed by atoms with Gasteiger partial charge in [0.2, 0.25) is 0 Å². The van der Waals surface area contributed by atoms with Gasteiger partial charge in [-0.15, -0.1) is 0 Å². The van der Waals surface area contributed by atoms with E-state index in [-0.39, 0.29) is 5.75 Å². The van der Waals surface area contributed by atoms with Crippen molar-refractivity contribution in [2.75, 3.05) is 0 Å². The lowest BCUT2D eigenvalue weighted by Crippen LogP contribution is -2.30. The highest BCUT2D eigenvalue weighted by molar-refractivity contribution is 5.39. The van der Waals surface area contributed by atoms with Crippen LogP contribution in [0.25, 0.3) is 0 Å². The van der Waals surface area contributed by atoms with Crippen molar-refractivity contribution in [1.82, 2.24) is 0 Å². The van der Waals surface area contributed by atoms with E-state index in [1.807, 2.05) is 6.07 Å². The standard InChI is InChI=1S/C10H12N2O/c1-7-5-8(3-4-9(7)13)10(2,12)6-11/h3-5,13H,12H2,1-2H3. The molecule has 0 bridgehead atoms. The fourth-order valence-corrected chi connectivity index (χ4v) is 1.04. The molecule has 1 rings (SSSR count). The van der Waals surface area contributed by atoms with Gasteiger partial charge in [-0.1, -0.05) is 6.07 Å². The van der Waals surface area contributed by atoms with Crippen LogP contribution in [0, 0.1) is 18.3 Å². The van der Waals surface area contributed by atoms with E-state index >= 15 is 0 Å². The van der Waals surface area contributed by atoms with Gasteiger partial charge >= 0.3 is 0 Å². The molecule has 0 aliphatic carbocycles. The quantitative estimate of drug-likeness (QED) is 0.679. The highest BCUT2D eigenvalue weighted by Crippen LogP contribution is 2.23. The van der Waals surface area contributed by atoms with Crippen LogP contribution in [0.1, 0.15) is 18.1 Å². The molecule has 0 saturated carbocycles. The van der Waals surface area contributed by atoms with Gasteiger partial charge in [0.05, 0.1) is 6.07 Å². The number of nitrogens with two attached hydrogens (primary N) is 1. The molecule has 0 aromatic heterocycles. The molecule has 13 heavy (non-hydrogen) atoms. The van der Waals surface area contributed by atoms with Crippen molar-refractivity contribution in [3.8, 4) is 11.8 Å². The molecule has 68 valence electrons. The Balaban J connectivity index is 3.20. The van der Waals surface area contributed by atoms with E-state index in [0.29, 0.717) is 5.56 Å². The third-order valence-electron chi connectivity index (χ3n) is 2.03. The van der Waals surface area contributed by atoms with Crippen molar-refractivity contribution in [2.24, 2.45) is 5.73 Å². The Bertz CT molecular complexity index is 364. The van der Waals surface area contributed by atoms with Gasteiger partial charge in [-0.2, -0.15) is 5.26 Å². The number of aromatic hydroxyl groups is 1. The second-order valence-electron chi connectivity index (χ2n) is 3.32. The third-order valence-corrected chi connectivity index (χ3v) is 2.03. The SMILES string of the molecule is Cc1cc(C(C)(N)C#N)ccc1O. The molecule has 3 heteroatoms. The topological polar surface area (TPSA) is 70.0 Å². The fraction of sp³-hybridized carbons (Fsp3) is 0.300. The molecule has 1 aromatic rings. The summed E-state index contributed by atoms with van der Waals surface area (Å²) in [5, 5.41) is 18.0. The summed E-state index contributed by atoms with van der Waals surface area (Å²) in [5.74, 6) is 0.220. The maximum atomic E-state index is 9.26. The molecule has 0 saturated heterocycles. The van der Waals surface area contributed by atoms with Crippen LogP contribution in [0.15, 0.2) is 18.2 Å². The molecule has 0 aliphatic rings. The summed E-state index contributed by atoms with van der Waals surface area (Å²) in [4.78, 5) is 0. The second kappa shape index (κ2) is 3.08. The van der Waals surface area contributed by atoms with Gasteiger partial charge < -0.3 is 10.8 Å². The Morgan fingerprint density at radius 1 is 1.54 bits per heavy atom. The Morgan fingerprint density at radius 2 is 2.15 bits per heavy atom. The molecule has 0 spiro atoms. The van der Waals surface area contributed by atoms with Crippen LogP contribution in [-0.4, -0.2) is 5.11 Å². The maximum Gasteiger partial charge on any atom is 0.126 e. The third kappa shape index (κ3) is 1.79. The highest BCUT2D eigenvalue weighted by atomic mass is 16.3. The van der Waals surface area contributed by atoms with E-state index in [1.54, 1.807) is 32.0 Å². The van der Waals surface area contributed by atoms with Crippen molar-refractivity contribution in [3.63, 3.8) is 0 Å². The summed E-state index contributed by atoms with van der Waals surface area (Å²) in [7, 11) is 0. The Labute approximate surface area is 77.4 Å². The number of hydrogen-bond donors (Lipinski definition) is 2. The van der Waals surface area contributed by atoms with Crippen molar-refractivity contribution in [2.45, 2.75) is 19.4 Å². The summed E-state index contributed by atoms with van der Waals surface area (Å²) in [6, 6.07) is 6.93. The lowest BCUT2D eigenvalue weighted by molar-refractivity contribution is 0.470. The first-order valence-corrected chi connectivity index (χ1v) is 3.97. The zero-order valence-corrected chi connectivity index (χ0v) is 7.70. The van der Waals surface area contributed by atoms with Crippen molar-refractivity contribution in [1.29, 1.82) is 5.26 Å². The summed E-state index contributed by atoms with van der Waals surface area (Å²) in [6.07, 6.45) is 0. The minimum atomic E-state index is -0.988. The zero-order chi connectivity index (χ0) is 10.1. The molecule has 0 radical (unpaired) electrons. The van der Waals surface area contributed by atoms with Gasteiger partial charge in [0.15, 0.2) is 0 Å². The predicted octanol–water partition coefficient (Wildman–Crippen LogP) is 1.40. The van der Waals surface area contributed by atoms with Crippen molar-refractivity contribution < 1.29 is 5.11 Å². The van der Waals surface area contributed by atoms with E-state index < -0.39 is 5.54 Å². The summed E-state index contributed by atoms with van der Waals surface area (Å²) < 4.78 is 0. The van der Waals surface area contributed by atoms with Gasteiger partial charge in [0.25, 0.3) is 0 Å². The van der Waals surface area contributed by atoms with Gasteiger partial charge in [0.1, 0.15) is 11.3 Å². The molecule has 0 aliphatic heterocycles. The molecule has 0 fully saturated rings. The van der Waals surface area contributed by atoms with Crippen molar-refractivity contribution in [3.05, 3.63) is 29.3 Å². The Kier molecular flexibility index (Phi) is 2.26. The monoisotopic (exact) mass is 176 g/mol. The first-order valence-electron chi connectivity index (χ1n) is 3.97. The minimum Gasteiger partial charge on any atom is -0.508 e. The number of benzene rings is 1. The van der Waals surface area contributed by atoms with Crippen LogP contribution < -0.4 is 5.73 Å². The summed E-state index contributed by atoms with van der Waals surface area (Å²) in [5.41, 5.74) is 6.17. The zero-order valence-electron chi connectivity index (χ0n) is 7.70. The molecular weight excluding hydrogens is 164 g/mol.